The van der Waals surface area contributed by atoms with E-state index in [2.05, 4.69) is 118 Å². The molecule has 0 atom stereocenters. The van der Waals surface area contributed by atoms with E-state index in [9.17, 15) is 9.59 Å². The Morgan fingerprint density at radius 1 is 0.423 bits per heavy atom. The third kappa shape index (κ3) is 4.75. The normalized spacial score (nSPS) is 13.3. The second-order valence-electron chi connectivity index (χ2n) is 13.5. The smallest absolute Gasteiger partial charge is 0.261 e. The first-order valence-electron chi connectivity index (χ1n) is 17.2. The third-order valence-corrected chi connectivity index (χ3v) is 10.3. The quantitative estimate of drug-likeness (QED) is 0.182. The summed E-state index contributed by atoms with van der Waals surface area (Å²) in [6.45, 7) is 0. The van der Waals surface area contributed by atoms with E-state index in [4.69, 9.17) is 0 Å². The molecule has 0 radical (unpaired) electrons. The molecule has 0 unspecified atom stereocenters. The van der Waals surface area contributed by atoms with Crippen LogP contribution in [0.4, 0.5) is 0 Å². The van der Waals surface area contributed by atoms with Crippen molar-refractivity contribution in [2.24, 2.45) is 21.1 Å². The number of imide groups is 1. The van der Waals surface area contributed by atoms with E-state index < -0.39 is 0 Å². The summed E-state index contributed by atoms with van der Waals surface area (Å²) < 4.78 is 6.59. The van der Waals surface area contributed by atoms with E-state index in [1.54, 1.807) is 12.4 Å². The minimum absolute atomic E-state index is 0.278. The molecule has 2 N–H and O–H groups in total. The van der Waals surface area contributed by atoms with Crippen LogP contribution in [0.2, 0.25) is 0 Å². The molecule has 4 aromatic carbocycles. The Hall–Kier alpha value is -6.80. The average molecular weight is 681 g/mol. The standard InChI is InChI=1S/C23H21N3.C21H15N3O2/c1-24-12-18(20-14-25(2)22-10-6-4-8-16(20)22)19(13-24)21-15-26(3)23-11-7-5-9-17(21)23;1-24-20(25)18(14-10-22-16-8-4-2-6-12(14)16)19(21(24)26)15-11-23-17-9-5-3-7-13(15)17/h4-15H,1-3H3;2-11,22-23H,1H3. The first-order valence-corrected chi connectivity index (χ1v) is 17.2. The van der Waals surface area contributed by atoms with Crippen LogP contribution < -0.4 is 0 Å². The maximum absolute atomic E-state index is 12.9. The highest BCUT2D eigenvalue weighted by Gasteiger charge is 2.39. The number of rotatable bonds is 4. The second kappa shape index (κ2) is 11.9. The van der Waals surface area contributed by atoms with Gasteiger partial charge < -0.3 is 23.7 Å². The maximum atomic E-state index is 12.9. The molecule has 8 heteroatoms. The highest BCUT2D eigenvalue weighted by atomic mass is 16.2. The Morgan fingerprint density at radius 3 is 1.25 bits per heavy atom. The van der Waals surface area contributed by atoms with Gasteiger partial charge in [-0.3, -0.25) is 14.5 Å². The zero-order valence-electron chi connectivity index (χ0n) is 29.3. The molecular weight excluding hydrogens is 645 g/mol. The van der Waals surface area contributed by atoms with E-state index in [0.29, 0.717) is 11.1 Å². The van der Waals surface area contributed by atoms with Crippen LogP contribution >= 0.6 is 0 Å². The molecule has 8 nitrogen and oxygen atoms in total. The van der Waals surface area contributed by atoms with Crippen molar-refractivity contribution in [1.29, 1.82) is 0 Å². The largest absolute Gasteiger partial charge is 0.361 e. The Balaban J connectivity index is 0.000000138. The summed E-state index contributed by atoms with van der Waals surface area (Å²) in [7, 11) is 7.86. The molecule has 0 saturated heterocycles. The first kappa shape index (κ1) is 31.2. The van der Waals surface area contributed by atoms with Gasteiger partial charge in [0.1, 0.15) is 0 Å². The number of H-pyrrole nitrogens is 2. The lowest BCUT2D eigenvalue weighted by Crippen LogP contribution is -2.26. The number of carbonyl (C=O) groups excluding carboxylic acids is 2. The first-order chi connectivity index (χ1) is 25.3. The van der Waals surface area contributed by atoms with Crippen LogP contribution in [-0.4, -0.2) is 47.4 Å². The number of aryl methyl sites for hydroxylation is 3. The highest BCUT2D eigenvalue weighted by molar-refractivity contribution is 6.50. The van der Waals surface area contributed by atoms with Crippen molar-refractivity contribution >= 4 is 66.6 Å². The molecule has 5 aromatic heterocycles. The van der Waals surface area contributed by atoms with Crippen LogP contribution in [0.15, 0.2) is 134 Å². The number of aromatic nitrogens is 5. The van der Waals surface area contributed by atoms with Crippen LogP contribution in [0.1, 0.15) is 11.1 Å². The number of amides is 2. The lowest BCUT2D eigenvalue weighted by Gasteiger charge is -2.06. The van der Waals surface area contributed by atoms with Gasteiger partial charge in [0.05, 0.1) is 11.1 Å². The Morgan fingerprint density at radius 2 is 0.808 bits per heavy atom. The van der Waals surface area contributed by atoms with Crippen LogP contribution in [0.3, 0.4) is 0 Å². The lowest BCUT2D eigenvalue weighted by molar-refractivity contribution is -0.134. The van der Waals surface area contributed by atoms with Gasteiger partial charge in [-0.1, -0.05) is 72.8 Å². The van der Waals surface area contributed by atoms with E-state index in [1.165, 1.54) is 56.0 Å². The van der Waals surface area contributed by atoms with Crippen molar-refractivity contribution in [2.45, 2.75) is 0 Å². The summed E-state index contributed by atoms with van der Waals surface area (Å²) in [5, 5.41) is 4.44. The van der Waals surface area contributed by atoms with Gasteiger partial charge in [-0.05, 0) is 24.3 Å². The zero-order chi connectivity index (χ0) is 35.7. The molecule has 10 rings (SSSR count). The molecule has 1 aliphatic rings. The number of benzene rings is 4. The summed E-state index contributed by atoms with van der Waals surface area (Å²) in [5.74, 6) is -0.555. The van der Waals surface area contributed by atoms with Gasteiger partial charge in [-0.2, -0.15) is 0 Å². The number of nitrogens with one attached hydrogen (secondary N) is 2. The van der Waals surface area contributed by atoms with Crippen LogP contribution in [-0.2, 0) is 30.7 Å². The number of carbonyl (C=O) groups is 2. The van der Waals surface area contributed by atoms with Crippen molar-refractivity contribution in [2.75, 3.05) is 7.05 Å². The number of nitrogens with zero attached hydrogens (tertiary/aromatic N) is 4. The van der Waals surface area contributed by atoms with Crippen LogP contribution in [0.25, 0.3) is 77.0 Å². The number of para-hydroxylation sites is 4. The van der Waals surface area contributed by atoms with Gasteiger partial charge in [-0.15, -0.1) is 0 Å². The van der Waals surface area contributed by atoms with Crippen LogP contribution in [0, 0.1) is 0 Å². The van der Waals surface area contributed by atoms with Gasteiger partial charge in [-0.25, -0.2) is 0 Å². The lowest BCUT2D eigenvalue weighted by atomic mass is 9.95. The summed E-state index contributed by atoms with van der Waals surface area (Å²) in [6.07, 6.45) is 12.6. The van der Waals surface area contributed by atoms with E-state index in [0.717, 1.165) is 32.9 Å². The molecule has 0 aliphatic carbocycles. The van der Waals surface area contributed by atoms with E-state index >= 15 is 0 Å². The summed E-state index contributed by atoms with van der Waals surface area (Å²) in [4.78, 5) is 33.4. The fourth-order valence-corrected chi connectivity index (χ4v) is 7.82. The number of likely N-dealkylation sites (N-methyl/N-ethyl adjacent to an activating group) is 1. The summed E-state index contributed by atoms with van der Waals surface area (Å²) in [6, 6.07) is 32.8. The van der Waals surface area contributed by atoms with Crippen molar-refractivity contribution in [1.82, 2.24) is 28.6 Å². The second-order valence-corrected chi connectivity index (χ2v) is 13.5. The Labute approximate surface area is 299 Å². The number of fused-ring (bicyclic) bond motifs is 4. The SMILES string of the molecule is CN1C(=O)C(c2c[nH]c3ccccc23)=C(c2c[nH]c3ccccc23)C1=O.Cn1cc(-c2cn(C)c3ccccc23)c(-c2cn(C)c3ccccc23)c1. The van der Waals surface area contributed by atoms with Gasteiger partial charge >= 0.3 is 0 Å². The zero-order valence-corrected chi connectivity index (χ0v) is 29.3. The van der Waals surface area contributed by atoms with Gasteiger partial charge in [0.25, 0.3) is 11.8 Å². The van der Waals surface area contributed by atoms with Crippen molar-refractivity contribution in [3.63, 3.8) is 0 Å². The minimum atomic E-state index is -0.278. The average Bonchev–Trinajstić information content (AvgIpc) is 4.02. The molecule has 0 saturated carbocycles. The summed E-state index contributed by atoms with van der Waals surface area (Å²) >= 11 is 0. The fraction of sp³-hybridized carbons (Fsp3) is 0.0909. The van der Waals surface area contributed by atoms with Crippen molar-refractivity contribution in [3.8, 4) is 22.3 Å². The van der Waals surface area contributed by atoms with Gasteiger partial charge in [0.2, 0.25) is 0 Å². The molecule has 254 valence electrons. The molecule has 1 aliphatic heterocycles. The van der Waals surface area contributed by atoms with E-state index in [1.807, 2.05) is 48.5 Å². The number of aromatic amines is 2. The molecule has 6 heterocycles. The Kier molecular flexibility index (Phi) is 7.15. The third-order valence-electron chi connectivity index (χ3n) is 10.3. The molecule has 9 aromatic rings. The maximum Gasteiger partial charge on any atom is 0.261 e. The number of hydrogen-bond acceptors (Lipinski definition) is 2. The molecule has 0 fully saturated rings. The van der Waals surface area contributed by atoms with Crippen LogP contribution in [0.5, 0.6) is 0 Å². The minimum Gasteiger partial charge on any atom is -0.361 e. The molecule has 2 amide bonds. The fourth-order valence-electron chi connectivity index (χ4n) is 7.82. The number of hydrogen-bond donors (Lipinski definition) is 2. The highest BCUT2D eigenvalue weighted by Crippen LogP contribution is 2.42. The predicted molar refractivity (Wildman–Crippen MR) is 210 cm³/mol. The van der Waals surface area contributed by atoms with Gasteiger partial charge in [0.15, 0.2) is 0 Å². The van der Waals surface area contributed by atoms with Crippen molar-refractivity contribution < 1.29 is 9.59 Å². The summed E-state index contributed by atoms with van der Waals surface area (Å²) in [5.41, 5.74) is 11.9. The topological polar surface area (TPSA) is 83.8 Å². The van der Waals surface area contributed by atoms with Crippen molar-refractivity contribution in [3.05, 3.63) is 145 Å². The molecule has 0 spiro atoms. The Bertz CT molecular complexity index is 2710. The predicted octanol–water partition coefficient (Wildman–Crippen LogP) is 8.90. The van der Waals surface area contributed by atoms with E-state index in [-0.39, 0.29) is 11.8 Å². The van der Waals surface area contributed by atoms with Gasteiger partial charge in [0, 0.05) is 142 Å². The molecule has 52 heavy (non-hydrogen) atoms. The molecule has 0 bridgehead atoms. The molecular formula is C44H36N6O2. The monoisotopic (exact) mass is 680 g/mol.